The minimum atomic E-state index is 1.14. The molecule has 0 heterocycles. The van der Waals surface area contributed by atoms with Gasteiger partial charge in [0.1, 0.15) is 7.85 Å². The first-order valence-electron chi connectivity index (χ1n) is 4.31. The van der Waals surface area contributed by atoms with Crippen LogP contribution in [0.3, 0.4) is 0 Å². The number of benzene rings is 1. The second-order valence-electron chi connectivity index (χ2n) is 3.18. The van der Waals surface area contributed by atoms with Gasteiger partial charge in [-0.3, -0.25) is 0 Å². The Labute approximate surface area is 76.8 Å². The maximum absolute atomic E-state index is 2.16. The van der Waals surface area contributed by atoms with E-state index in [4.69, 9.17) is 0 Å². The fourth-order valence-corrected chi connectivity index (χ4v) is 0.714. The number of hydrogen-bond donors (Lipinski definition) is 0. The van der Waals surface area contributed by atoms with Crippen LogP contribution in [0, 0.1) is 0 Å². The Morgan fingerprint density at radius 3 is 1.75 bits per heavy atom. The largest absolute Gasteiger partial charge is 0.312 e. The van der Waals surface area contributed by atoms with Crippen molar-refractivity contribution in [1.29, 1.82) is 0 Å². The highest BCUT2D eigenvalue weighted by Crippen LogP contribution is 1.95. The Bertz CT molecular complexity index is 182. The van der Waals surface area contributed by atoms with Crippen molar-refractivity contribution in [2.75, 3.05) is 21.1 Å². The number of nitrogens with zero attached hydrogens (tertiary/aromatic N) is 1. The Morgan fingerprint density at radius 1 is 1.08 bits per heavy atom. The third-order valence-electron chi connectivity index (χ3n) is 1.25. The average molecular weight is 163 g/mol. The van der Waals surface area contributed by atoms with Crippen LogP contribution in [0.25, 0.3) is 0 Å². The van der Waals surface area contributed by atoms with Gasteiger partial charge in [-0.1, -0.05) is 42.2 Å². The molecular formula is C10H18BN. The van der Waals surface area contributed by atoms with E-state index in [-0.39, 0.29) is 0 Å². The molecule has 0 N–H and O–H groups in total. The third kappa shape index (κ3) is 7.35. The van der Waals surface area contributed by atoms with Crippen molar-refractivity contribution in [2.24, 2.45) is 0 Å². The molecule has 0 radical (unpaired) electrons. The molecular weight excluding hydrogens is 145 g/mol. The van der Waals surface area contributed by atoms with Crippen LogP contribution in [0.2, 0.25) is 0 Å². The Kier molecular flexibility index (Phi) is 6.49. The molecule has 1 rings (SSSR count). The summed E-state index contributed by atoms with van der Waals surface area (Å²) in [5.41, 5.74) is 1.41. The zero-order valence-electron chi connectivity index (χ0n) is 8.54. The molecule has 12 heavy (non-hydrogen) atoms. The van der Waals surface area contributed by atoms with E-state index in [1.807, 2.05) is 32.1 Å². The Balaban J connectivity index is 0.000000261. The van der Waals surface area contributed by atoms with E-state index in [9.17, 15) is 0 Å². The van der Waals surface area contributed by atoms with Crippen molar-refractivity contribution in [2.45, 2.75) is 6.32 Å². The van der Waals surface area contributed by atoms with Crippen molar-refractivity contribution < 1.29 is 0 Å². The maximum Gasteiger partial charge on any atom is 0.107 e. The summed E-state index contributed by atoms with van der Waals surface area (Å²) < 4.78 is 0. The van der Waals surface area contributed by atoms with Crippen molar-refractivity contribution in [1.82, 2.24) is 4.90 Å². The fourth-order valence-electron chi connectivity index (χ4n) is 0.714. The number of hydrogen-bond acceptors (Lipinski definition) is 1. The van der Waals surface area contributed by atoms with Gasteiger partial charge in [0, 0.05) is 0 Å². The van der Waals surface area contributed by atoms with E-state index in [1.165, 1.54) is 5.56 Å². The van der Waals surface area contributed by atoms with Crippen LogP contribution in [0.15, 0.2) is 30.3 Å². The molecule has 0 bridgehead atoms. The highest BCUT2D eigenvalue weighted by molar-refractivity contribution is 6.08. The predicted molar refractivity (Wildman–Crippen MR) is 58.3 cm³/mol. The van der Waals surface area contributed by atoms with Gasteiger partial charge in [0.05, 0.1) is 0 Å². The standard InChI is InChI=1S/C7H9B.C3H9N/c8-6-7-4-2-1-3-5-7;1-4(2)3/h1-5H,6,8H2;1-3H3. The monoisotopic (exact) mass is 163 g/mol. The summed E-state index contributed by atoms with van der Waals surface area (Å²) in [7, 11) is 8.16. The smallest absolute Gasteiger partial charge is 0.107 e. The molecule has 1 aromatic rings. The molecule has 0 aliphatic rings. The third-order valence-corrected chi connectivity index (χ3v) is 1.25. The molecule has 0 fully saturated rings. The second kappa shape index (κ2) is 6.92. The molecule has 1 aromatic carbocycles. The van der Waals surface area contributed by atoms with E-state index >= 15 is 0 Å². The maximum atomic E-state index is 2.16. The molecule has 66 valence electrons. The van der Waals surface area contributed by atoms with Crippen LogP contribution in [-0.2, 0) is 6.32 Å². The normalized spacial score (nSPS) is 9.00. The minimum Gasteiger partial charge on any atom is -0.312 e. The van der Waals surface area contributed by atoms with Gasteiger partial charge < -0.3 is 4.90 Å². The lowest BCUT2D eigenvalue weighted by Crippen LogP contribution is -1.99. The van der Waals surface area contributed by atoms with Gasteiger partial charge in [0.15, 0.2) is 0 Å². The molecule has 0 atom stereocenters. The Hall–Kier alpha value is -0.755. The lowest BCUT2D eigenvalue weighted by molar-refractivity contribution is 0.505. The molecule has 0 amide bonds. The van der Waals surface area contributed by atoms with Gasteiger partial charge in [0.25, 0.3) is 0 Å². The fraction of sp³-hybridized carbons (Fsp3) is 0.400. The molecule has 0 aromatic heterocycles. The van der Waals surface area contributed by atoms with Gasteiger partial charge in [-0.05, 0) is 21.1 Å². The quantitative estimate of drug-likeness (QED) is 0.558. The van der Waals surface area contributed by atoms with Gasteiger partial charge in [-0.25, -0.2) is 0 Å². The van der Waals surface area contributed by atoms with Gasteiger partial charge >= 0.3 is 0 Å². The highest BCUT2D eigenvalue weighted by atomic mass is 15.0. The van der Waals surface area contributed by atoms with Gasteiger partial charge in [-0.2, -0.15) is 0 Å². The first-order valence-corrected chi connectivity index (χ1v) is 4.31. The number of rotatable bonds is 1. The first-order chi connectivity index (χ1) is 5.66. The molecule has 0 spiro atoms. The summed E-state index contributed by atoms with van der Waals surface area (Å²) in [5, 5.41) is 0. The zero-order valence-corrected chi connectivity index (χ0v) is 8.54. The summed E-state index contributed by atoms with van der Waals surface area (Å²) in [6, 6.07) is 10.5. The van der Waals surface area contributed by atoms with E-state index in [1.54, 1.807) is 0 Å². The van der Waals surface area contributed by atoms with E-state index < -0.39 is 0 Å². The highest BCUT2D eigenvalue weighted by Gasteiger charge is 1.80. The van der Waals surface area contributed by atoms with Crippen LogP contribution >= 0.6 is 0 Å². The van der Waals surface area contributed by atoms with Crippen molar-refractivity contribution >= 4 is 7.85 Å². The van der Waals surface area contributed by atoms with Crippen LogP contribution in [-0.4, -0.2) is 33.9 Å². The van der Waals surface area contributed by atoms with E-state index in [2.05, 4.69) is 32.1 Å². The van der Waals surface area contributed by atoms with Crippen LogP contribution in [0.1, 0.15) is 5.56 Å². The summed E-state index contributed by atoms with van der Waals surface area (Å²) >= 11 is 0. The lowest BCUT2D eigenvalue weighted by Gasteiger charge is -1.90. The Morgan fingerprint density at radius 2 is 1.50 bits per heavy atom. The van der Waals surface area contributed by atoms with Crippen LogP contribution < -0.4 is 0 Å². The molecule has 0 saturated carbocycles. The van der Waals surface area contributed by atoms with Crippen LogP contribution in [0.5, 0.6) is 0 Å². The van der Waals surface area contributed by atoms with E-state index in [0.717, 1.165) is 6.32 Å². The van der Waals surface area contributed by atoms with E-state index in [0.29, 0.717) is 0 Å². The van der Waals surface area contributed by atoms with Crippen molar-refractivity contribution in [3.63, 3.8) is 0 Å². The molecule has 0 unspecified atom stereocenters. The molecule has 1 nitrogen and oxygen atoms in total. The first kappa shape index (κ1) is 11.2. The second-order valence-corrected chi connectivity index (χ2v) is 3.18. The summed E-state index contributed by atoms with van der Waals surface area (Å²) in [6.45, 7) is 0. The molecule has 0 aliphatic heterocycles. The average Bonchev–Trinajstić information content (AvgIpc) is 2.05. The van der Waals surface area contributed by atoms with Crippen molar-refractivity contribution in [3.05, 3.63) is 35.9 Å². The summed E-state index contributed by atoms with van der Waals surface area (Å²) in [6.07, 6.45) is 1.14. The van der Waals surface area contributed by atoms with Gasteiger partial charge in [0.2, 0.25) is 0 Å². The molecule has 0 aliphatic carbocycles. The SMILES string of the molecule is BCc1ccccc1.CN(C)C. The topological polar surface area (TPSA) is 3.24 Å². The predicted octanol–water partition coefficient (Wildman–Crippen LogP) is 0.998. The molecule has 2 heteroatoms. The van der Waals surface area contributed by atoms with Crippen molar-refractivity contribution in [3.8, 4) is 0 Å². The van der Waals surface area contributed by atoms with Crippen LogP contribution in [0.4, 0.5) is 0 Å². The molecule has 0 saturated heterocycles. The summed E-state index contributed by atoms with van der Waals surface area (Å²) in [5.74, 6) is 0. The zero-order chi connectivity index (χ0) is 9.40. The minimum absolute atomic E-state index is 1.14. The summed E-state index contributed by atoms with van der Waals surface area (Å²) in [4.78, 5) is 2.00. The lowest BCUT2D eigenvalue weighted by atomic mass is 9.97. The van der Waals surface area contributed by atoms with Gasteiger partial charge in [-0.15, -0.1) is 0 Å².